The van der Waals surface area contributed by atoms with Crippen molar-refractivity contribution in [3.05, 3.63) is 53.7 Å². The van der Waals surface area contributed by atoms with Gasteiger partial charge in [-0.15, -0.1) is 0 Å². The topological polar surface area (TPSA) is 58.3 Å². The number of carbonyl (C=O) groups is 1. The Morgan fingerprint density at radius 2 is 2.00 bits per heavy atom. The van der Waals surface area contributed by atoms with Gasteiger partial charge in [-0.25, -0.2) is 0 Å². The van der Waals surface area contributed by atoms with E-state index >= 15 is 0 Å². The van der Waals surface area contributed by atoms with E-state index < -0.39 is 5.41 Å². The maximum atomic E-state index is 12.5. The van der Waals surface area contributed by atoms with Crippen molar-refractivity contribution in [2.24, 2.45) is 7.05 Å². The number of benzene rings is 2. The van der Waals surface area contributed by atoms with Crippen LogP contribution in [-0.2, 0) is 17.3 Å². The van der Waals surface area contributed by atoms with Crippen molar-refractivity contribution >= 4 is 27.6 Å². The van der Waals surface area contributed by atoms with Crippen LogP contribution < -0.4 is 4.74 Å². The highest BCUT2D eigenvalue weighted by molar-refractivity contribution is 6.12. The highest BCUT2D eigenvalue weighted by Gasteiger charge is 2.41. The number of ether oxygens (including phenoxy) is 1. The molecule has 5 heteroatoms. The number of methoxy groups -OCH3 is 1. The zero-order valence-electron chi connectivity index (χ0n) is 17.3. The second-order valence-corrected chi connectivity index (χ2v) is 8.03. The number of fused-ring (bicyclic) bond motifs is 3. The quantitative estimate of drug-likeness (QED) is 0.629. The maximum absolute atomic E-state index is 12.5. The number of hydrogen-bond donors (Lipinski definition) is 0. The molecule has 5 nitrogen and oxygen atoms in total. The fraction of sp³-hybridized carbons (Fsp3) is 0.333. The van der Waals surface area contributed by atoms with E-state index in [0.717, 1.165) is 33.1 Å². The molecular weight excluding hydrogens is 362 g/mol. The Hall–Kier alpha value is -3.26. The smallest absolute Gasteiger partial charge is 0.160 e. The highest BCUT2D eigenvalue weighted by Crippen LogP contribution is 2.47. The van der Waals surface area contributed by atoms with Gasteiger partial charge in [-0.2, -0.15) is 5.26 Å². The number of ketones is 1. The maximum Gasteiger partial charge on any atom is 0.160 e. The molecule has 0 saturated heterocycles. The first-order valence-corrected chi connectivity index (χ1v) is 9.78. The lowest BCUT2D eigenvalue weighted by atomic mass is 9.67. The van der Waals surface area contributed by atoms with E-state index in [1.165, 1.54) is 0 Å². The molecule has 1 aliphatic rings. The Balaban J connectivity index is 2.04. The molecular formula is C24H25N3O2. The fourth-order valence-electron chi connectivity index (χ4n) is 4.65. The van der Waals surface area contributed by atoms with Gasteiger partial charge in [0.1, 0.15) is 5.75 Å². The Bertz CT molecular complexity index is 1200. The Morgan fingerprint density at radius 3 is 2.69 bits per heavy atom. The number of carbonyl (C=O) groups excluding carboxylic acids is 1. The minimum absolute atomic E-state index is 0.132. The average molecular weight is 387 g/mol. The third-order valence-electron chi connectivity index (χ3n) is 6.00. The molecule has 0 radical (unpaired) electrons. The van der Waals surface area contributed by atoms with Gasteiger partial charge in [0, 0.05) is 62.0 Å². The molecule has 1 aromatic heterocycles. The van der Waals surface area contributed by atoms with Gasteiger partial charge < -0.3 is 14.2 Å². The van der Waals surface area contributed by atoms with E-state index in [0.29, 0.717) is 24.8 Å². The highest BCUT2D eigenvalue weighted by atomic mass is 16.5. The summed E-state index contributed by atoms with van der Waals surface area (Å²) >= 11 is 0. The first-order chi connectivity index (χ1) is 13.9. The number of Topliss-reactive ketones (excluding diaryl/α,β-unsaturated/α-hetero) is 1. The van der Waals surface area contributed by atoms with E-state index in [1.54, 1.807) is 7.11 Å². The van der Waals surface area contributed by atoms with Gasteiger partial charge >= 0.3 is 0 Å². The number of allylic oxidation sites excluding steroid dienone is 1. The molecule has 1 atom stereocenters. The number of nitrogens with zero attached hydrogens (tertiary/aromatic N) is 3. The summed E-state index contributed by atoms with van der Waals surface area (Å²) in [5.74, 6) is 0.915. The normalized spacial score (nSPS) is 20.9. The third-order valence-corrected chi connectivity index (χ3v) is 6.00. The number of aromatic nitrogens is 1. The molecule has 29 heavy (non-hydrogen) atoms. The lowest BCUT2D eigenvalue weighted by Gasteiger charge is -2.33. The summed E-state index contributed by atoms with van der Waals surface area (Å²) in [6, 6.07) is 14.8. The first kappa shape index (κ1) is 19.1. The molecule has 1 aliphatic carbocycles. The predicted octanol–water partition coefficient (Wildman–Crippen LogP) is 4.30. The zero-order chi connectivity index (χ0) is 20.8. The SMILES string of the molecule is COc1ccc(C2(C#N)CCC(=O)C(=CN(C)C)C2)c2c3ccccc3n(C)c12. The monoisotopic (exact) mass is 387 g/mol. The molecule has 1 fully saturated rings. The van der Waals surface area contributed by atoms with E-state index in [2.05, 4.69) is 22.8 Å². The molecule has 0 aliphatic heterocycles. The van der Waals surface area contributed by atoms with Crippen LogP contribution in [0.4, 0.5) is 0 Å². The minimum atomic E-state index is -0.746. The summed E-state index contributed by atoms with van der Waals surface area (Å²) in [5, 5.41) is 12.5. The minimum Gasteiger partial charge on any atom is -0.495 e. The molecule has 0 N–H and O–H groups in total. The van der Waals surface area contributed by atoms with Gasteiger partial charge in [0.15, 0.2) is 5.78 Å². The van der Waals surface area contributed by atoms with Crippen molar-refractivity contribution in [3.63, 3.8) is 0 Å². The van der Waals surface area contributed by atoms with Crippen LogP contribution in [0.3, 0.4) is 0 Å². The predicted molar refractivity (Wildman–Crippen MR) is 115 cm³/mol. The molecule has 0 amide bonds. The van der Waals surface area contributed by atoms with Gasteiger partial charge in [-0.3, -0.25) is 4.79 Å². The average Bonchev–Trinajstić information content (AvgIpc) is 3.02. The summed E-state index contributed by atoms with van der Waals surface area (Å²) in [6.45, 7) is 0. The number of rotatable bonds is 3. The van der Waals surface area contributed by atoms with Crippen LogP contribution in [0.1, 0.15) is 24.8 Å². The van der Waals surface area contributed by atoms with E-state index in [1.807, 2.05) is 56.5 Å². The van der Waals surface area contributed by atoms with Crippen molar-refractivity contribution in [3.8, 4) is 11.8 Å². The van der Waals surface area contributed by atoms with E-state index in [-0.39, 0.29) is 5.78 Å². The standard InChI is InChI=1S/C24H25N3O2/c1-26(2)14-16-13-24(15-25,12-11-20(16)28)18-9-10-21(29-4)23-22(18)17-7-5-6-8-19(17)27(23)3/h5-10,14H,11-13H2,1-4H3. The van der Waals surface area contributed by atoms with Gasteiger partial charge in [0.05, 0.1) is 24.1 Å². The second kappa shape index (κ2) is 6.97. The molecule has 148 valence electrons. The summed E-state index contributed by atoms with van der Waals surface area (Å²) < 4.78 is 7.79. The molecule has 1 saturated carbocycles. The lowest BCUT2D eigenvalue weighted by Crippen LogP contribution is -2.33. The molecule has 2 aromatic carbocycles. The number of para-hydroxylation sites is 1. The first-order valence-electron chi connectivity index (χ1n) is 9.78. The van der Waals surface area contributed by atoms with Crippen LogP contribution in [-0.4, -0.2) is 36.5 Å². The Morgan fingerprint density at radius 1 is 1.24 bits per heavy atom. The fourth-order valence-corrected chi connectivity index (χ4v) is 4.65. The summed E-state index contributed by atoms with van der Waals surface area (Å²) in [5.41, 5.74) is 3.02. The Labute approximate surface area is 170 Å². The van der Waals surface area contributed by atoms with Crippen LogP contribution in [0.5, 0.6) is 5.75 Å². The summed E-state index contributed by atoms with van der Waals surface area (Å²) in [7, 11) is 7.50. The number of hydrogen-bond acceptors (Lipinski definition) is 4. The summed E-state index contributed by atoms with van der Waals surface area (Å²) in [6.07, 6.45) is 3.19. The molecule has 0 bridgehead atoms. The van der Waals surface area contributed by atoms with Gasteiger partial charge in [0.2, 0.25) is 0 Å². The van der Waals surface area contributed by atoms with Crippen molar-refractivity contribution in [2.75, 3.05) is 21.2 Å². The van der Waals surface area contributed by atoms with Crippen LogP contribution in [0.25, 0.3) is 21.8 Å². The molecule has 3 aromatic rings. The Kier molecular flexibility index (Phi) is 4.58. The van der Waals surface area contributed by atoms with Crippen LogP contribution in [0, 0.1) is 11.3 Å². The van der Waals surface area contributed by atoms with Crippen molar-refractivity contribution in [1.82, 2.24) is 9.47 Å². The molecule has 1 heterocycles. The van der Waals surface area contributed by atoms with Crippen molar-refractivity contribution < 1.29 is 9.53 Å². The molecule has 1 unspecified atom stereocenters. The van der Waals surface area contributed by atoms with Gasteiger partial charge in [-0.1, -0.05) is 24.3 Å². The number of nitriles is 1. The van der Waals surface area contributed by atoms with Crippen molar-refractivity contribution in [1.29, 1.82) is 5.26 Å². The number of aryl methyl sites for hydroxylation is 1. The van der Waals surface area contributed by atoms with Gasteiger partial charge in [0.25, 0.3) is 0 Å². The lowest BCUT2D eigenvalue weighted by molar-refractivity contribution is -0.117. The molecule has 4 rings (SSSR count). The van der Waals surface area contributed by atoms with E-state index in [4.69, 9.17) is 4.74 Å². The molecule has 0 spiro atoms. The van der Waals surface area contributed by atoms with Crippen LogP contribution in [0.15, 0.2) is 48.2 Å². The second-order valence-electron chi connectivity index (χ2n) is 8.03. The zero-order valence-corrected chi connectivity index (χ0v) is 17.3. The van der Waals surface area contributed by atoms with Gasteiger partial charge in [-0.05, 0) is 24.1 Å². The largest absolute Gasteiger partial charge is 0.495 e. The van der Waals surface area contributed by atoms with Crippen LogP contribution >= 0.6 is 0 Å². The summed E-state index contributed by atoms with van der Waals surface area (Å²) in [4.78, 5) is 14.4. The van der Waals surface area contributed by atoms with Crippen LogP contribution in [0.2, 0.25) is 0 Å². The third kappa shape index (κ3) is 2.87. The van der Waals surface area contributed by atoms with Crippen molar-refractivity contribution in [2.45, 2.75) is 24.7 Å². The van der Waals surface area contributed by atoms with E-state index in [9.17, 15) is 10.1 Å².